The van der Waals surface area contributed by atoms with E-state index in [1.165, 1.54) is 35.5 Å². The fraction of sp³-hybridized carbons (Fsp3) is 0.0312. The summed E-state index contributed by atoms with van der Waals surface area (Å²) in [7, 11) is 0. The minimum Gasteiger partial charge on any atom is -0.305 e. The van der Waals surface area contributed by atoms with Crippen LogP contribution in [0.4, 0.5) is 5.69 Å². The molecule has 0 amide bonds. The third-order valence-electron chi connectivity index (χ3n) is 5.28. The number of aromatic nitrogens is 2. The fourth-order valence-electron chi connectivity index (χ4n) is 3.48. The molecule has 0 fully saturated rings. The molecule has 0 aliphatic carbocycles. The topological polar surface area (TPSA) is 77.7 Å². The average molecular weight is 669 g/mol. The summed E-state index contributed by atoms with van der Waals surface area (Å²) in [6, 6.07) is 36.2. The Morgan fingerprint density at radius 1 is 0.868 bits per heavy atom. The van der Waals surface area contributed by atoms with Crippen molar-refractivity contribution in [3.63, 3.8) is 0 Å². The van der Waals surface area contributed by atoms with Crippen LogP contribution in [-0.4, -0.2) is 9.97 Å². The van der Waals surface area contributed by atoms with Gasteiger partial charge in [0.2, 0.25) is 0 Å². The molecule has 2 aromatic heterocycles. The van der Waals surface area contributed by atoms with Crippen molar-refractivity contribution < 1.29 is 24.2 Å². The van der Waals surface area contributed by atoms with E-state index in [0.717, 1.165) is 11.3 Å². The molecule has 0 aliphatic rings. The quantitative estimate of drug-likeness (QED) is 0.188. The van der Waals surface area contributed by atoms with Gasteiger partial charge in [-0.1, -0.05) is 48.5 Å². The molecule has 38 heavy (non-hydrogen) atoms. The summed E-state index contributed by atoms with van der Waals surface area (Å²) < 4.78 is 21.9. The van der Waals surface area contributed by atoms with Crippen LogP contribution in [0.2, 0.25) is 0 Å². The van der Waals surface area contributed by atoms with Gasteiger partial charge in [-0.25, -0.2) is 10.5 Å². The van der Waals surface area contributed by atoms with E-state index < -0.39 is 6.85 Å². The first-order valence-electron chi connectivity index (χ1n) is 12.6. The average Bonchev–Trinajstić information content (AvgIpc) is 3.01. The number of aryl methyl sites for hydroxylation is 1. The summed E-state index contributed by atoms with van der Waals surface area (Å²) in [6.07, 6.45) is 3.05. The van der Waals surface area contributed by atoms with Crippen LogP contribution in [0.5, 0.6) is 0 Å². The molecule has 3 aromatic carbocycles. The standard InChI is InChI=1S/C17H12N.C15H7N4.Ir/c1-3-7-14(8-4-1)16-11-12-18-17(13-16)15-9-5-2-6-10-15;1-10-3-4-14(19-9-10)13-6-15(18-2)12(8-17)5-11(13)7-16;/h1-9,11-13H;3-5,9H,1H3;/q2*-1;/i;1D3;. The Balaban J connectivity index is 0.000000224. The molecular formula is C32H19IrN5-2. The van der Waals surface area contributed by atoms with Crippen LogP contribution in [0.15, 0.2) is 97.3 Å². The number of rotatable bonds is 3. The molecule has 183 valence electrons. The van der Waals surface area contributed by atoms with Crippen LogP contribution >= 0.6 is 0 Å². The van der Waals surface area contributed by atoms with Gasteiger partial charge >= 0.3 is 0 Å². The maximum absolute atomic E-state index is 9.17. The minimum absolute atomic E-state index is 0. The van der Waals surface area contributed by atoms with Crippen molar-refractivity contribution in [1.29, 1.82) is 10.5 Å². The van der Waals surface area contributed by atoms with Crippen molar-refractivity contribution in [3.05, 3.63) is 138 Å². The van der Waals surface area contributed by atoms with Gasteiger partial charge in [0, 0.05) is 48.7 Å². The van der Waals surface area contributed by atoms with Gasteiger partial charge in [0.15, 0.2) is 0 Å². The van der Waals surface area contributed by atoms with E-state index in [1.54, 1.807) is 0 Å². The van der Waals surface area contributed by atoms with E-state index >= 15 is 0 Å². The molecule has 0 unspecified atom stereocenters. The summed E-state index contributed by atoms with van der Waals surface area (Å²) in [6.45, 7) is 4.79. The van der Waals surface area contributed by atoms with Crippen molar-refractivity contribution in [2.24, 2.45) is 0 Å². The van der Waals surface area contributed by atoms with E-state index in [2.05, 4.69) is 45.1 Å². The molecule has 5 aromatic rings. The third-order valence-corrected chi connectivity index (χ3v) is 5.28. The molecule has 2 heterocycles. The molecule has 0 atom stereocenters. The van der Waals surface area contributed by atoms with Crippen LogP contribution in [0.3, 0.4) is 0 Å². The van der Waals surface area contributed by atoms with Crippen LogP contribution < -0.4 is 0 Å². The van der Waals surface area contributed by atoms with E-state index in [1.807, 2.05) is 66.9 Å². The van der Waals surface area contributed by atoms with Gasteiger partial charge in [-0.2, -0.15) is 0 Å². The van der Waals surface area contributed by atoms with Crippen LogP contribution in [0.25, 0.3) is 38.5 Å². The minimum atomic E-state index is -2.26. The third kappa shape index (κ3) is 6.64. The molecule has 0 bridgehead atoms. The number of nitrogens with zero attached hydrogens (tertiary/aromatic N) is 5. The second-order valence-electron chi connectivity index (χ2n) is 7.66. The summed E-state index contributed by atoms with van der Waals surface area (Å²) in [5.74, 6) is 0. The first kappa shape index (κ1) is 23.5. The molecule has 5 rings (SSSR count). The number of nitriles is 2. The fourth-order valence-corrected chi connectivity index (χ4v) is 3.48. The molecule has 0 aliphatic heterocycles. The van der Waals surface area contributed by atoms with Gasteiger partial charge in [0.1, 0.15) is 5.69 Å². The maximum Gasteiger partial charge on any atom is 0.123 e. The molecular weight excluding hydrogens is 647 g/mol. The zero-order valence-corrected chi connectivity index (χ0v) is 22.2. The summed E-state index contributed by atoms with van der Waals surface area (Å²) >= 11 is 0. The zero-order chi connectivity index (χ0) is 28.5. The number of hydrogen-bond acceptors (Lipinski definition) is 4. The Hall–Kier alpha value is -4.92. The first-order chi connectivity index (χ1) is 19.3. The zero-order valence-electron chi connectivity index (χ0n) is 22.8. The summed E-state index contributed by atoms with van der Waals surface area (Å²) in [5.41, 5.74) is 5.24. The molecule has 6 heteroatoms. The monoisotopic (exact) mass is 669 g/mol. The molecule has 0 saturated carbocycles. The van der Waals surface area contributed by atoms with Gasteiger partial charge in [0.05, 0.1) is 6.57 Å². The molecule has 0 N–H and O–H groups in total. The smallest absolute Gasteiger partial charge is 0.123 e. The SMILES string of the molecule is [2H]C([2H])([2H])c1ccc(-c2[c-]c([N+]#[C-])c(C#N)cc2C#N)nc1.[Ir].[c-]1ccccc1-c1cc(-c2ccccc2)ccn1. The number of hydrogen-bond donors (Lipinski definition) is 0. The predicted octanol–water partition coefficient (Wildman–Crippen LogP) is 7.36. The van der Waals surface area contributed by atoms with Gasteiger partial charge in [-0.15, -0.1) is 53.6 Å². The first-order valence-corrected chi connectivity index (χ1v) is 11.1. The van der Waals surface area contributed by atoms with Crippen molar-refractivity contribution in [3.8, 4) is 45.8 Å². The summed E-state index contributed by atoms with van der Waals surface area (Å²) in [4.78, 5) is 11.6. The number of pyridine rings is 2. The van der Waals surface area contributed by atoms with Gasteiger partial charge < -0.3 is 9.97 Å². The Kier molecular flexibility index (Phi) is 8.28. The van der Waals surface area contributed by atoms with Crippen LogP contribution in [-0.2, 0) is 20.1 Å². The molecule has 0 saturated heterocycles. The number of benzene rings is 3. The van der Waals surface area contributed by atoms with E-state index in [4.69, 9.17) is 15.9 Å². The van der Waals surface area contributed by atoms with E-state index in [0.29, 0.717) is 5.69 Å². The Morgan fingerprint density at radius 2 is 1.66 bits per heavy atom. The maximum atomic E-state index is 9.17. The molecule has 0 spiro atoms. The van der Waals surface area contributed by atoms with Crippen molar-refractivity contribution >= 4 is 5.69 Å². The Morgan fingerprint density at radius 3 is 2.29 bits per heavy atom. The van der Waals surface area contributed by atoms with Crippen molar-refractivity contribution in [2.45, 2.75) is 6.85 Å². The second-order valence-corrected chi connectivity index (χ2v) is 7.66. The van der Waals surface area contributed by atoms with Gasteiger partial charge in [-0.05, 0) is 52.1 Å². The largest absolute Gasteiger partial charge is 0.305 e. The Bertz CT molecular complexity index is 1700. The Labute approximate surface area is 240 Å². The van der Waals surface area contributed by atoms with E-state index in [9.17, 15) is 5.26 Å². The molecule has 5 nitrogen and oxygen atoms in total. The molecule has 1 radical (unpaired) electrons. The van der Waals surface area contributed by atoms with Crippen LogP contribution in [0.1, 0.15) is 20.8 Å². The van der Waals surface area contributed by atoms with E-state index in [-0.39, 0.29) is 48.0 Å². The predicted molar refractivity (Wildman–Crippen MR) is 143 cm³/mol. The van der Waals surface area contributed by atoms with Crippen molar-refractivity contribution in [2.75, 3.05) is 0 Å². The second kappa shape index (κ2) is 13.4. The van der Waals surface area contributed by atoms with Crippen LogP contribution in [0, 0.1) is 48.2 Å². The summed E-state index contributed by atoms with van der Waals surface area (Å²) in [5, 5.41) is 18.1. The van der Waals surface area contributed by atoms with Crippen molar-refractivity contribution in [1.82, 2.24) is 9.97 Å². The van der Waals surface area contributed by atoms with Gasteiger partial charge in [0.25, 0.3) is 0 Å². The van der Waals surface area contributed by atoms with Gasteiger partial charge in [-0.3, -0.25) is 4.85 Å². The normalized spacial score (nSPS) is 10.9.